The van der Waals surface area contributed by atoms with Gasteiger partial charge in [-0.15, -0.1) is 0 Å². The van der Waals surface area contributed by atoms with Crippen molar-refractivity contribution in [2.24, 2.45) is 0 Å². The monoisotopic (exact) mass is 301 g/mol. The summed E-state index contributed by atoms with van der Waals surface area (Å²) in [5.74, 6) is -0.921. The fraction of sp³-hybridized carbons (Fsp3) is 0.857. The smallest absolute Gasteiger partial charge is 0.306 e. The standard InChI is InChI=1S/C14H23NO6/c16-13(3-6-19-10-11-2-1-5-20-11)15-4-7-21-12(9-15)8-14(17)18/h11-12H,1-10H2,(H,17,18)/t11-,12+/m0/s1. The Balaban J connectivity index is 1.61. The summed E-state index contributed by atoms with van der Waals surface area (Å²) in [6.45, 7) is 2.96. The molecule has 21 heavy (non-hydrogen) atoms. The molecule has 2 aliphatic rings. The van der Waals surface area contributed by atoms with Crippen molar-refractivity contribution in [3.63, 3.8) is 0 Å². The van der Waals surface area contributed by atoms with Crippen molar-refractivity contribution in [2.75, 3.05) is 39.5 Å². The van der Waals surface area contributed by atoms with E-state index in [0.717, 1.165) is 19.4 Å². The third-order valence-corrected chi connectivity index (χ3v) is 3.68. The Hall–Kier alpha value is -1.18. The van der Waals surface area contributed by atoms with E-state index in [1.165, 1.54) is 0 Å². The molecule has 0 aliphatic carbocycles. The Bertz CT molecular complexity index is 355. The second kappa shape index (κ2) is 8.31. The molecule has 7 heteroatoms. The van der Waals surface area contributed by atoms with E-state index in [4.69, 9.17) is 19.3 Å². The van der Waals surface area contributed by atoms with E-state index < -0.39 is 12.1 Å². The van der Waals surface area contributed by atoms with Gasteiger partial charge >= 0.3 is 5.97 Å². The number of aliphatic carboxylic acids is 1. The van der Waals surface area contributed by atoms with Crippen LogP contribution in [0.3, 0.4) is 0 Å². The van der Waals surface area contributed by atoms with E-state index in [1.807, 2.05) is 0 Å². The van der Waals surface area contributed by atoms with Gasteiger partial charge in [-0.1, -0.05) is 0 Å². The molecule has 2 atom stereocenters. The molecule has 1 N–H and O–H groups in total. The first-order valence-electron chi connectivity index (χ1n) is 7.45. The van der Waals surface area contributed by atoms with Gasteiger partial charge in [0.25, 0.3) is 0 Å². The number of rotatable bonds is 7. The molecule has 0 bridgehead atoms. The van der Waals surface area contributed by atoms with Gasteiger partial charge in [0.2, 0.25) is 5.91 Å². The third-order valence-electron chi connectivity index (χ3n) is 3.68. The van der Waals surface area contributed by atoms with Gasteiger partial charge in [-0.2, -0.15) is 0 Å². The predicted molar refractivity (Wildman–Crippen MR) is 73.0 cm³/mol. The van der Waals surface area contributed by atoms with Crippen molar-refractivity contribution in [1.29, 1.82) is 0 Å². The SMILES string of the molecule is O=C(O)C[C@@H]1CN(C(=O)CCOC[C@@H]2CCCO2)CCO1. The van der Waals surface area contributed by atoms with Crippen LogP contribution in [0.5, 0.6) is 0 Å². The molecule has 0 aromatic heterocycles. The average molecular weight is 301 g/mol. The normalized spacial score (nSPS) is 26.0. The minimum Gasteiger partial charge on any atom is -0.481 e. The lowest BCUT2D eigenvalue weighted by Crippen LogP contribution is -2.46. The molecule has 120 valence electrons. The first-order chi connectivity index (χ1) is 10.1. The van der Waals surface area contributed by atoms with E-state index in [0.29, 0.717) is 39.3 Å². The van der Waals surface area contributed by atoms with Crippen LogP contribution >= 0.6 is 0 Å². The molecule has 1 amide bonds. The number of carbonyl (C=O) groups is 2. The van der Waals surface area contributed by atoms with E-state index in [9.17, 15) is 9.59 Å². The van der Waals surface area contributed by atoms with Crippen LogP contribution in [0.4, 0.5) is 0 Å². The van der Waals surface area contributed by atoms with Gasteiger partial charge < -0.3 is 24.2 Å². The lowest BCUT2D eigenvalue weighted by Gasteiger charge is -2.32. The zero-order chi connectivity index (χ0) is 15.1. The van der Waals surface area contributed by atoms with Crippen molar-refractivity contribution in [3.05, 3.63) is 0 Å². The Morgan fingerprint density at radius 2 is 2.05 bits per heavy atom. The Labute approximate surface area is 124 Å². The van der Waals surface area contributed by atoms with Gasteiger partial charge in [0.1, 0.15) is 0 Å². The van der Waals surface area contributed by atoms with Crippen LogP contribution in [0.15, 0.2) is 0 Å². The number of hydrogen-bond donors (Lipinski definition) is 1. The number of amides is 1. The lowest BCUT2D eigenvalue weighted by molar-refractivity contribution is -0.148. The molecule has 2 rings (SSSR count). The largest absolute Gasteiger partial charge is 0.481 e. The Morgan fingerprint density at radius 3 is 2.76 bits per heavy atom. The van der Waals surface area contributed by atoms with Crippen molar-refractivity contribution >= 4 is 11.9 Å². The number of carboxylic acid groups (broad SMARTS) is 1. The Kier molecular flexibility index (Phi) is 6.41. The fourth-order valence-electron chi connectivity index (χ4n) is 2.57. The van der Waals surface area contributed by atoms with E-state index in [-0.39, 0.29) is 18.4 Å². The van der Waals surface area contributed by atoms with Crippen LogP contribution in [-0.4, -0.2) is 73.6 Å². The van der Waals surface area contributed by atoms with E-state index in [2.05, 4.69) is 0 Å². The summed E-state index contributed by atoms with van der Waals surface area (Å²) in [5.41, 5.74) is 0. The summed E-state index contributed by atoms with van der Waals surface area (Å²) in [7, 11) is 0. The molecule has 2 heterocycles. The van der Waals surface area contributed by atoms with Crippen molar-refractivity contribution in [2.45, 2.75) is 37.9 Å². The highest BCUT2D eigenvalue weighted by atomic mass is 16.5. The van der Waals surface area contributed by atoms with Gasteiger partial charge in [0, 0.05) is 19.7 Å². The fourth-order valence-corrected chi connectivity index (χ4v) is 2.57. The maximum atomic E-state index is 12.0. The minimum atomic E-state index is -0.908. The van der Waals surface area contributed by atoms with Gasteiger partial charge in [-0.3, -0.25) is 9.59 Å². The zero-order valence-electron chi connectivity index (χ0n) is 12.2. The molecule has 0 aromatic carbocycles. The summed E-state index contributed by atoms with van der Waals surface area (Å²) in [6, 6.07) is 0. The minimum absolute atomic E-state index is 0.0129. The highest BCUT2D eigenvalue weighted by Gasteiger charge is 2.25. The molecule has 0 aromatic rings. The summed E-state index contributed by atoms with van der Waals surface area (Å²) < 4.78 is 16.2. The molecule has 7 nitrogen and oxygen atoms in total. The van der Waals surface area contributed by atoms with Gasteiger partial charge in [0.05, 0.1) is 44.9 Å². The number of carboxylic acids is 1. The molecule has 2 fully saturated rings. The molecular weight excluding hydrogens is 278 g/mol. The molecule has 0 saturated carbocycles. The predicted octanol–water partition coefficient (Wildman–Crippen LogP) is 0.274. The quantitative estimate of drug-likeness (QED) is 0.680. The summed E-state index contributed by atoms with van der Waals surface area (Å²) in [6.07, 6.45) is 2.10. The highest BCUT2D eigenvalue weighted by molar-refractivity contribution is 5.76. The van der Waals surface area contributed by atoms with Crippen LogP contribution in [0.2, 0.25) is 0 Å². The Morgan fingerprint density at radius 1 is 1.24 bits per heavy atom. The molecule has 2 aliphatic heterocycles. The van der Waals surface area contributed by atoms with Gasteiger partial charge in [-0.25, -0.2) is 0 Å². The molecule has 0 unspecified atom stereocenters. The molecule has 0 radical (unpaired) electrons. The number of carbonyl (C=O) groups excluding carboxylic acids is 1. The highest BCUT2D eigenvalue weighted by Crippen LogP contribution is 2.13. The number of nitrogens with zero attached hydrogens (tertiary/aromatic N) is 1. The second-order valence-electron chi connectivity index (χ2n) is 5.39. The van der Waals surface area contributed by atoms with Gasteiger partial charge in [0.15, 0.2) is 0 Å². The lowest BCUT2D eigenvalue weighted by atomic mass is 10.2. The number of morpholine rings is 1. The summed E-state index contributed by atoms with van der Waals surface area (Å²) in [5, 5.41) is 8.75. The molecular formula is C14H23NO6. The summed E-state index contributed by atoms with van der Waals surface area (Å²) in [4.78, 5) is 24.4. The maximum absolute atomic E-state index is 12.0. The van der Waals surface area contributed by atoms with Crippen molar-refractivity contribution in [1.82, 2.24) is 4.90 Å². The topological polar surface area (TPSA) is 85.3 Å². The van der Waals surface area contributed by atoms with Crippen molar-refractivity contribution < 1.29 is 28.9 Å². The first-order valence-corrected chi connectivity index (χ1v) is 7.45. The van der Waals surface area contributed by atoms with Crippen LogP contribution in [-0.2, 0) is 23.8 Å². The molecule has 2 saturated heterocycles. The zero-order valence-corrected chi connectivity index (χ0v) is 12.2. The molecule has 0 spiro atoms. The van der Waals surface area contributed by atoms with Crippen molar-refractivity contribution in [3.8, 4) is 0 Å². The number of hydrogen-bond acceptors (Lipinski definition) is 5. The van der Waals surface area contributed by atoms with Crippen LogP contribution in [0.25, 0.3) is 0 Å². The van der Waals surface area contributed by atoms with Crippen LogP contribution < -0.4 is 0 Å². The maximum Gasteiger partial charge on any atom is 0.306 e. The first kappa shape index (κ1) is 16.2. The second-order valence-corrected chi connectivity index (χ2v) is 5.39. The number of ether oxygens (including phenoxy) is 3. The van der Waals surface area contributed by atoms with E-state index in [1.54, 1.807) is 4.90 Å². The summed E-state index contributed by atoms with van der Waals surface area (Å²) >= 11 is 0. The van der Waals surface area contributed by atoms with Crippen LogP contribution in [0, 0.1) is 0 Å². The van der Waals surface area contributed by atoms with E-state index >= 15 is 0 Å². The third kappa shape index (κ3) is 5.61. The van der Waals surface area contributed by atoms with Crippen LogP contribution in [0.1, 0.15) is 25.7 Å². The average Bonchev–Trinajstić information content (AvgIpc) is 2.96. The van der Waals surface area contributed by atoms with Gasteiger partial charge in [-0.05, 0) is 12.8 Å².